The average molecular weight is 225 g/mol. The molecule has 1 atom stereocenters. The van der Waals surface area contributed by atoms with E-state index in [0.717, 1.165) is 6.54 Å². The molecule has 0 saturated heterocycles. The van der Waals surface area contributed by atoms with Gasteiger partial charge in [-0.2, -0.15) is 5.26 Å². The van der Waals surface area contributed by atoms with Crippen LogP contribution in [0.2, 0.25) is 0 Å². The lowest BCUT2D eigenvalue weighted by Gasteiger charge is -2.29. The van der Waals surface area contributed by atoms with Gasteiger partial charge in [-0.05, 0) is 34.2 Å². The number of carbonyl (C=O) groups is 1. The van der Waals surface area contributed by atoms with Crippen molar-refractivity contribution in [2.45, 2.75) is 52.6 Å². The summed E-state index contributed by atoms with van der Waals surface area (Å²) < 4.78 is 0. The molecule has 0 aromatic heterocycles. The van der Waals surface area contributed by atoms with Crippen LogP contribution < -0.4 is 5.32 Å². The summed E-state index contributed by atoms with van der Waals surface area (Å²) in [5, 5.41) is 11.5. The second kappa shape index (κ2) is 6.49. The molecule has 0 fully saturated rings. The van der Waals surface area contributed by atoms with Crippen molar-refractivity contribution in [1.82, 2.24) is 10.2 Å². The van der Waals surface area contributed by atoms with Gasteiger partial charge in [-0.3, -0.25) is 9.69 Å². The topological polar surface area (TPSA) is 56.1 Å². The Bertz CT molecular complexity index is 262. The van der Waals surface area contributed by atoms with Crippen LogP contribution in [0.4, 0.5) is 0 Å². The maximum atomic E-state index is 11.9. The van der Waals surface area contributed by atoms with Crippen LogP contribution in [0.3, 0.4) is 0 Å². The first-order chi connectivity index (χ1) is 7.31. The van der Waals surface area contributed by atoms with Gasteiger partial charge in [0.05, 0.1) is 12.1 Å². The standard InChI is InChI=1S/C12H23N3O/c1-6-15(9-7-8-13)10(2)11(16)14-12(3,4)5/h10H,6-7,9H2,1-5H3,(H,14,16). The monoisotopic (exact) mass is 225 g/mol. The number of amides is 1. The number of hydrogen-bond donors (Lipinski definition) is 1. The van der Waals surface area contributed by atoms with Crippen LogP contribution in [0.25, 0.3) is 0 Å². The first-order valence-corrected chi connectivity index (χ1v) is 5.75. The fourth-order valence-corrected chi connectivity index (χ4v) is 1.46. The first kappa shape index (κ1) is 14.9. The Kier molecular flexibility index (Phi) is 6.05. The van der Waals surface area contributed by atoms with Gasteiger partial charge in [-0.25, -0.2) is 0 Å². The number of nitriles is 1. The van der Waals surface area contributed by atoms with E-state index in [4.69, 9.17) is 5.26 Å². The van der Waals surface area contributed by atoms with E-state index in [-0.39, 0.29) is 17.5 Å². The Hall–Kier alpha value is -1.08. The molecule has 0 radical (unpaired) electrons. The van der Waals surface area contributed by atoms with Crippen molar-refractivity contribution >= 4 is 5.91 Å². The summed E-state index contributed by atoms with van der Waals surface area (Å²) in [4.78, 5) is 13.9. The van der Waals surface area contributed by atoms with Crippen molar-refractivity contribution < 1.29 is 4.79 Å². The molecule has 1 amide bonds. The number of carbonyl (C=O) groups excluding carboxylic acids is 1. The van der Waals surface area contributed by atoms with Crippen molar-refractivity contribution in [3.63, 3.8) is 0 Å². The molecule has 0 rings (SSSR count). The molecule has 0 aromatic carbocycles. The Morgan fingerprint density at radius 3 is 2.44 bits per heavy atom. The quantitative estimate of drug-likeness (QED) is 0.772. The van der Waals surface area contributed by atoms with E-state index >= 15 is 0 Å². The van der Waals surface area contributed by atoms with Crippen molar-refractivity contribution in [3.05, 3.63) is 0 Å². The molecule has 4 heteroatoms. The first-order valence-electron chi connectivity index (χ1n) is 5.75. The average Bonchev–Trinajstić information content (AvgIpc) is 2.16. The van der Waals surface area contributed by atoms with E-state index in [1.165, 1.54) is 0 Å². The number of rotatable bonds is 5. The summed E-state index contributed by atoms with van der Waals surface area (Å²) >= 11 is 0. The second-order valence-corrected chi connectivity index (χ2v) is 4.95. The summed E-state index contributed by atoms with van der Waals surface area (Å²) in [6, 6.07) is 1.92. The van der Waals surface area contributed by atoms with E-state index in [1.807, 2.05) is 39.5 Å². The van der Waals surface area contributed by atoms with Crippen LogP contribution in [0.5, 0.6) is 0 Å². The molecule has 1 N–H and O–H groups in total. The zero-order valence-corrected chi connectivity index (χ0v) is 11.0. The van der Waals surface area contributed by atoms with E-state index in [0.29, 0.717) is 13.0 Å². The summed E-state index contributed by atoms with van der Waals surface area (Å²) in [5.41, 5.74) is -0.208. The van der Waals surface area contributed by atoms with Gasteiger partial charge in [0.15, 0.2) is 0 Å². The van der Waals surface area contributed by atoms with Gasteiger partial charge in [0.2, 0.25) is 5.91 Å². The summed E-state index contributed by atoms with van der Waals surface area (Å²) in [7, 11) is 0. The van der Waals surface area contributed by atoms with Crippen molar-refractivity contribution in [2.75, 3.05) is 13.1 Å². The minimum atomic E-state index is -0.208. The van der Waals surface area contributed by atoms with Crippen LogP contribution in [0.1, 0.15) is 41.0 Å². The number of hydrogen-bond acceptors (Lipinski definition) is 3. The van der Waals surface area contributed by atoms with E-state index in [2.05, 4.69) is 11.4 Å². The normalized spacial score (nSPS) is 13.3. The fourth-order valence-electron chi connectivity index (χ4n) is 1.46. The SMILES string of the molecule is CCN(CCC#N)C(C)C(=O)NC(C)(C)C. The summed E-state index contributed by atoms with van der Waals surface area (Å²) in [6.45, 7) is 11.2. The van der Waals surface area contributed by atoms with Crippen LogP contribution >= 0.6 is 0 Å². The number of nitrogens with one attached hydrogen (secondary N) is 1. The lowest BCUT2D eigenvalue weighted by atomic mass is 10.1. The van der Waals surface area contributed by atoms with Crippen molar-refractivity contribution in [1.29, 1.82) is 5.26 Å². The number of nitrogens with zero attached hydrogens (tertiary/aromatic N) is 2. The third-order valence-electron chi connectivity index (χ3n) is 2.34. The highest BCUT2D eigenvalue weighted by Crippen LogP contribution is 2.04. The molecule has 0 bridgehead atoms. The van der Waals surface area contributed by atoms with Gasteiger partial charge in [0.25, 0.3) is 0 Å². The Morgan fingerprint density at radius 2 is 2.06 bits per heavy atom. The lowest BCUT2D eigenvalue weighted by Crippen LogP contribution is -2.51. The van der Waals surface area contributed by atoms with Gasteiger partial charge in [-0.15, -0.1) is 0 Å². The smallest absolute Gasteiger partial charge is 0.237 e. The van der Waals surface area contributed by atoms with Crippen molar-refractivity contribution in [3.8, 4) is 6.07 Å². The van der Waals surface area contributed by atoms with E-state index in [1.54, 1.807) is 0 Å². The second-order valence-electron chi connectivity index (χ2n) is 4.95. The molecule has 0 heterocycles. The van der Waals surface area contributed by atoms with Gasteiger partial charge in [0.1, 0.15) is 0 Å². The maximum absolute atomic E-state index is 11.9. The molecule has 16 heavy (non-hydrogen) atoms. The van der Waals surface area contributed by atoms with Gasteiger partial charge >= 0.3 is 0 Å². The van der Waals surface area contributed by atoms with Crippen molar-refractivity contribution in [2.24, 2.45) is 0 Å². The van der Waals surface area contributed by atoms with Gasteiger partial charge < -0.3 is 5.32 Å². The maximum Gasteiger partial charge on any atom is 0.237 e. The van der Waals surface area contributed by atoms with Crippen LogP contribution in [-0.4, -0.2) is 35.5 Å². The third kappa shape index (κ3) is 5.72. The molecule has 4 nitrogen and oxygen atoms in total. The molecular formula is C12H23N3O. The number of likely N-dealkylation sites (N-methyl/N-ethyl adjacent to an activating group) is 1. The largest absolute Gasteiger partial charge is 0.350 e. The predicted octanol–water partition coefficient (Wildman–Crippen LogP) is 1.53. The molecule has 0 saturated carbocycles. The molecule has 0 spiro atoms. The van der Waals surface area contributed by atoms with Gasteiger partial charge in [0, 0.05) is 18.5 Å². The Morgan fingerprint density at radius 1 is 1.50 bits per heavy atom. The summed E-state index contributed by atoms with van der Waals surface area (Å²) in [6.07, 6.45) is 0.459. The molecule has 92 valence electrons. The minimum Gasteiger partial charge on any atom is -0.350 e. The molecule has 0 aromatic rings. The minimum absolute atomic E-state index is 0.0206. The highest BCUT2D eigenvalue weighted by Gasteiger charge is 2.23. The highest BCUT2D eigenvalue weighted by molar-refractivity contribution is 5.81. The highest BCUT2D eigenvalue weighted by atomic mass is 16.2. The van der Waals surface area contributed by atoms with Crippen LogP contribution in [-0.2, 0) is 4.79 Å². The van der Waals surface area contributed by atoms with Crippen LogP contribution in [0, 0.1) is 11.3 Å². The predicted molar refractivity (Wildman–Crippen MR) is 64.8 cm³/mol. The lowest BCUT2D eigenvalue weighted by molar-refractivity contribution is -0.127. The molecule has 0 aliphatic rings. The fraction of sp³-hybridized carbons (Fsp3) is 0.833. The van der Waals surface area contributed by atoms with Crippen LogP contribution in [0.15, 0.2) is 0 Å². The van der Waals surface area contributed by atoms with E-state index in [9.17, 15) is 4.79 Å². The Balaban J connectivity index is 4.34. The Labute approximate surface area is 98.6 Å². The summed E-state index contributed by atoms with van der Waals surface area (Å²) in [5.74, 6) is 0.0206. The zero-order chi connectivity index (χ0) is 12.8. The molecule has 0 aliphatic carbocycles. The molecule has 0 aliphatic heterocycles. The zero-order valence-electron chi connectivity index (χ0n) is 11.0. The van der Waals surface area contributed by atoms with E-state index < -0.39 is 0 Å². The molecular weight excluding hydrogens is 202 g/mol. The molecule has 1 unspecified atom stereocenters. The third-order valence-corrected chi connectivity index (χ3v) is 2.34. The van der Waals surface area contributed by atoms with Gasteiger partial charge in [-0.1, -0.05) is 6.92 Å².